The Hall–Kier alpha value is -0.240. The van der Waals surface area contributed by atoms with E-state index >= 15 is 0 Å². The van der Waals surface area contributed by atoms with E-state index in [1.54, 1.807) is 0 Å². The van der Waals surface area contributed by atoms with Gasteiger partial charge in [0.05, 0.1) is 19.3 Å². The second-order valence-corrected chi connectivity index (χ2v) is 7.46. The number of aliphatic hydroxyl groups excluding tert-OH is 1. The molecule has 1 N–H and O–H groups in total. The molecule has 3 aliphatic rings. The molecule has 3 saturated heterocycles. The van der Waals surface area contributed by atoms with Gasteiger partial charge in [0, 0.05) is 0 Å². The lowest BCUT2D eigenvalue weighted by atomic mass is 9.99. The molecule has 0 bridgehead atoms. The van der Waals surface area contributed by atoms with Crippen LogP contribution < -0.4 is 0 Å². The van der Waals surface area contributed by atoms with E-state index in [0.717, 1.165) is 25.9 Å². The second-order valence-electron chi connectivity index (χ2n) is 7.46. The average molecular weight is 315 g/mol. The SMILES string of the molecule is CC1(C)OCC([C@@H](O)[C@H](C2COC(C)(C)O2)N2CCCC2)O1. The van der Waals surface area contributed by atoms with Gasteiger partial charge in [-0.1, -0.05) is 0 Å². The maximum absolute atomic E-state index is 10.9. The van der Waals surface area contributed by atoms with Gasteiger partial charge in [-0.15, -0.1) is 0 Å². The van der Waals surface area contributed by atoms with Crippen molar-refractivity contribution in [1.82, 2.24) is 4.90 Å². The zero-order valence-electron chi connectivity index (χ0n) is 14.1. The summed E-state index contributed by atoms with van der Waals surface area (Å²) >= 11 is 0. The Morgan fingerprint density at radius 3 is 1.86 bits per heavy atom. The van der Waals surface area contributed by atoms with Gasteiger partial charge < -0.3 is 24.1 Å². The Balaban J connectivity index is 1.73. The number of hydrogen-bond acceptors (Lipinski definition) is 6. The molecule has 6 heteroatoms. The average Bonchev–Trinajstić information content (AvgIpc) is 3.11. The summed E-state index contributed by atoms with van der Waals surface area (Å²) in [4.78, 5) is 2.31. The van der Waals surface area contributed by atoms with Crippen LogP contribution >= 0.6 is 0 Å². The minimum Gasteiger partial charge on any atom is -0.389 e. The molecule has 0 radical (unpaired) electrons. The molecule has 3 rings (SSSR count). The van der Waals surface area contributed by atoms with Crippen molar-refractivity contribution in [1.29, 1.82) is 0 Å². The molecule has 22 heavy (non-hydrogen) atoms. The van der Waals surface area contributed by atoms with Crippen molar-refractivity contribution >= 4 is 0 Å². The van der Waals surface area contributed by atoms with Crippen molar-refractivity contribution in [3.05, 3.63) is 0 Å². The van der Waals surface area contributed by atoms with E-state index in [0.29, 0.717) is 13.2 Å². The molecule has 0 aromatic rings. The summed E-state index contributed by atoms with van der Waals surface area (Å²) in [6.07, 6.45) is 1.20. The Kier molecular flexibility index (Phi) is 4.53. The second kappa shape index (κ2) is 6.00. The molecule has 6 nitrogen and oxygen atoms in total. The molecule has 3 fully saturated rings. The van der Waals surface area contributed by atoms with Crippen LogP contribution in [0.15, 0.2) is 0 Å². The highest BCUT2D eigenvalue weighted by molar-refractivity contribution is 4.96. The van der Waals surface area contributed by atoms with E-state index in [4.69, 9.17) is 18.9 Å². The molecule has 3 heterocycles. The molecule has 0 spiro atoms. The molecule has 0 aliphatic carbocycles. The predicted octanol–water partition coefficient (Wildman–Crippen LogP) is 1.11. The van der Waals surface area contributed by atoms with E-state index in [1.807, 2.05) is 27.7 Å². The van der Waals surface area contributed by atoms with Gasteiger partial charge in [0.2, 0.25) is 0 Å². The summed E-state index contributed by atoms with van der Waals surface area (Å²) in [5.74, 6) is -1.22. The standard InChI is InChI=1S/C16H29NO5/c1-15(2)19-9-11(21-15)13(17-7-5-6-8-17)14(18)12-10-20-16(3,4)22-12/h11-14,18H,5-10H2,1-4H3/t11?,12?,13-,14+/m0/s1. The number of hydrogen-bond donors (Lipinski definition) is 1. The van der Waals surface area contributed by atoms with Crippen LogP contribution in [-0.4, -0.2) is 72.2 Å². The van der Waals surface area contributed by atoms with Crippen molar-refractivity contribution in [3.8, 4) is 0 Å². The van der Waals surface area contributed by atoms with Crippen molar-refractivity contribution < 1.29 is 24.1 Å². The summed E-state index contributed by atoms with van der Waals surface area (Å²) in [5.41, 5.74) is 0. The lowest BCUT2D eigenvalue weighted by molar-refractivity contribution is -0.174. The van der Waals surface area contributed by atoms with Crippen molar-refractivity contribution in [2.75, 3.05) is 26.3 Å². The first kappa shape index (κ1) is 16.6. The van der Waals surface area contributed by atoms with Crippen LogP contribution in [0.1, 0.15) is 40.5 Å². The zero-order chi connectivity index (χ0) is 16.0. The Bertz CT molecular complexity index is 394. The molecule has 2 unspecified atom stereocenters. The van der Waals surface area contributed by atoms with Crippen LogP contribution in [0, 0.1) is 0 Å². The van der Waals surface area contributed by atoms with Crippen LogP contribution in [0.25, 0.3) is 0 Å². The Morgan fingerprint density at radius 1 is 0.909 bits per heavy atom. The minimum atomic E-state index is -0.651. The number of aliphatic hydroxyl groups is 1. The third-order valence-corrected chi connectivity index (χ3v) is 4.73. The van der Waals surface area contributed by atoms with Crippen molar-refractivity contribution in [3.63, 3.8) is 0 Å². The molecular weight excluding hydrogens is 286 g/mol. The van der Waals surface area contributed by atoms with Crippen LogP contribution in [0.3, 0.4) is 0 Å². The predicted molar refractivity (Wildman–Crippen MR) is 80.4 cm³/mol. The monoisotopic (exact) mass is 315 g/mol. The van der Waals surface area contributed by atoms with Crippen molar-refractivity contribution in [2.24, 2.45) is 0 Å². The summed E-state index contributed by atoms with van der Waals surface area (Å²) in [7, 11) is 0. The maximum atomic E-state index is 10.9. The van der Waals surface area contributed by atoms with E-state index in [1.165, 1.54) is 0 Å². The maximum Gasteiger partial charge on any atom is 0.163 e. The third kappa shape index (κ3) is 3.47. The Labute approximate surface area is 132 Å². The first-order valence-corrected chi connectivity index (χ1v) is 8.33. The highest BCUT2D eigenvalue weighted by Crippen LogP contribution is 2.33. The van der Waals surface area contributed by atoms with Crippen LogP contribution in [0.5, 0.6) is 0 Å². The Morgan fingerprint density at radius 2 is 1.41 bits per heavy atom. The molecule has 4 atom stereocenters. The topological polar surface area (TPSA) is 60.4 Å². The quantitative estimate of drug-likeness (QED) is 0.839. The lowest BCUT2D eigenvalue weighted by Gasteiger charge is -2.37. The largest absolute Gasteiger partial charge is 0.389 e. The first-order valence-electron chi connectivity index (χ1n) is 8.33. The number of rotatable bonds is 4. The molecule has 0 amide bonds. The molecule has 3 aliphatic heterocycles. The van der Waals surface area contributed by atoms with Gasteiger partial charge in [0.25, 0.3) is 0 Å². The fourth-order valence-electron chi connectivity index (χ4n) is 3.70. The highest BCUT2D eigenvalue weighted by atomic mass is 16.8. The summed E-state index contributed by atoms with van der Waals surface area (Å²) in [5, 5.41) is 10.9. The molecule has 0 saturated carbocycles. The van der Waals surface area contributed by atoms with Crippen molar-refractivity contribution in [2.45, 2.75) is 76.5 Å². The summed E-state index contributed by atoms with van der Waals surface area (Å²) in [6.45, 7) is 10.5. The number of ether oxygens (including phenoxy) is 4. The van der Waals surface area contributed by atoms with Gasteiger partial charge in [-0.25, -0.2) is 0 Å². The smallest absolute Gasteiger partial charge is 0.163 e. The van der Waals surface area contributed by atoms with Gasteiger partial charge in [0.1, 0.15) is 18.3 Å². The van der Waals surface area contributed by atoms with Gasteiger partial charge in [-0.3, -0.25) is 4.90 Å². The molecule has 0 aromatic carbocycles. The van der Waals surface area contributed by atoms with Gasteiger partial charge in [-0.05, 0) is 53.6 Å². The van der Waals surface area contributed by atoms with E-state index in [9.17, 15) is 5.11 Å². The van der Waals surface area contributed by atoms with Gasteiger partial charge >= 0.3 is 0 Å². The molecule has 128 valence electrons. The summed E-state index contributed by atoms with van der Waals surface area (Å²) in [6, 6.07) is -0.119. The van der Waals surface area contributed by atoms with Gasteiger partial charge in [0.15, 0.2) is 11.6 Å². The fourth-order valence-corrected chi connectivity index (χ4v) is 3.70. The van der Waals surface area contributed by atoms with Crippen LogP contribution in [0.4, 0.5) is 0 Å². The number of nitrogens with zero attached hydrogens (tertiary/aromatic N) is 1. The van der Waals surface area contributed by atoms with E-state index < -0.39 is 17.7 Å². The minimum absolute atomic E-state index is 0.119. The molecular formula is C16H29NO5. The first-order chi connectivity index (χ1) is 10.3. The van der Waals surface area contributed by atoms with Crippen LogP contribution in [0.2, 0.25) is 0 Å². The normalized spacial score (nSPS) is 37.5. The lowest BCUT2D eigenvalue weighted by Crippen LogP contribution is -2.55. The van der Waals surface area contributed by atoms with E-state index in [2.05, 4.69) is 4.90 Å². The fraction of sp³-hybridized carbons (Fsp3) is 1.00. The van der Waals surface area contributed by atoms with Crippen LogP contribution in [-0.2, 0) is 18.9 Å². The number of likely N-dealkylation sites (tertiary alicyclic amines) is 1. The molecule has 0 aromatic heterocycles. The highest BCUT2D eigenvalue weighted by Gasteiger charge is 2.48. The third-order valence-electron chi connectivity index (χ3n) is 4.73. The van der Waals surface area contributed by atoms with Gasteiger partial charge in [-0.2, -0.15) is 0 Å². The van der Waals surface area contributed by atoms with E-state index in [-0.39, 0.29) is 18.2 Å². The summed E-state index contributed by atoms with van der Waals surface area (Å²) < 4.78 is 23.2. The zero-order valence-corrected chi connectivity index (χ0v) is 14.1.